The third kappa shape index (κ3) is 3.01. The lowest BCUT2D eigenvalue weighted by Crippen LogP contribution is -2.39. The second-order valence-electron chi connectivity index (χ2n) is 6.41. The highest BCUT2D eigenvalue weighted by Crippen LogP contribution is 2.39. The van der Waals surface area contributed by atoms with Crippen molar-refractivity contribution in [1.82, 2.24) is 4.90 Å². The number of hydrogen-bond acceptors (Lipinski definition) is 3. The summed E-state index contributed by atoms with van der Waals surface area (Å²) < 4.78 is 4.93. The summed E-state index contributed by atoms with van der Waals surface area (Å²) in [6.07, 6.45) is 2.97. The molecular formula is C20H23NO3. The van der Waals surface area contributed by atoms with Gasteiger partial charge < -0.3 is 9.64 Å². The van der Waals surface area contributed by atoms with E-state index in [0.29, 0.717) is 6.42 Å². The zero-order valence-electron chi connectivity index (χ0n) is 14.2. The molecule has 126 valence electrons. The molecule has 1 aliphatic carbocycles. The van der Waals surface area contributed by atoms with Crippen molar-refractivity contribution < 1.29 is 14.3 Å². The second kappa shape index (κ2) is 7.04. The first-order chi connectivity index (χ1) is 11.6. The molecule has 0 bridgehead atoms. The van der Waals surface area contributed by atoms with Gasteiger partial charge in [0, 0.05) is 19.4 Å². The average molecular weight is 325 g/mol. The van der Waals surface area contributed by atoms with E-state index in [9.17, 15) is 9.59 Å². The predicted molar refractivity (Wildman–Crippen MR) is 93.8 cm³/mol. The first-order valence-electron chi connectivity index (χ1n) is 8.44. The third-order valence-electron chi connectivity index (χ3n) is 5.00. The van der Waals surface area contributed by atoms with Gasteiger partial charge in [0.1, 0.15) is 5.78 Å². The number of Topliss-reactive ketones (excluding diaryl/α,β-unsaturated/α-hetero) is 1. The molecule has 0 heterocycles. The highest BCUT2D eigenvalue weighted by molar-refractivity contribution is 5.89. The summed E-state index contributed by atoms with van der Waals surface area (Å²) in [6, 6.07) is 13.9. The van der Waals surface area contributed by atoms with Crippen LogP contribution in [-0.4, -0.2) is 30.9 Å². The summed E-state index contributed by atoms with van der Waals surface area (Å²) in [6.45, 7) is 0. The summed E-state index contributed by atoms with van der Waals surface area (Å²) in [5.41, 5.74) is 1.02. The Morgan fingerprint density at radius 2 is 1.92 bits per heavy atom. The number of hydrogen-bond donors (Lipinski definition) is 0. The Morgan fingerprint density at radius 1 is 1.17 bits per heavy atom. The van der Waals surface area contributed by atoms with E-state index < -0.39 is 6.09 Å². The fraction of sp³-hybridized carbons (Fsp3) is 0.400. The quantitative estimate of drug-likeness (QED) is 0.843. The molecule has 0 radical (unpaired) electrons. The summed E-state index contributed by atoms with van der Waals surface area (Å²) in [5.74, 6) is 0.0728. The van der Waals surface area contributed by atoms with Gasteiger partial charge in [-0.15, -0.1) is 0 Å². The molecule has 0 N–H and O–H groups in total. The van der Waals surface area contributed by atoms with E-state index in [4.69, 9.17) is 4.74 Å². The summed E-state index contributed by atoms with van der Waals surface area (Å²) >= 11 is 0. The molecule has 2 atom stereocenters. The van der Waals surface area contributed by atoms with Gasteiger partial charge in [0.2, 0.25) is 0 Å². The number of carbonyl (C=O) groups excluding carboxylic acids is 2. The van der Waals surface area contributed by atoms with E-state index in [1.165, 1.54) is 7.11 Å². The second-order valence-corrected chi connectivity index (χ2v) is 6.41. The van der Waals surface area contributed by atoms with Crippen molar-refractivity contribution in [2.75, 3.05) is 14.2 Å². The van der Waals surface area contributed by atoms with Gasteiger partial charge in [-0.1, -0.05) is 48.9 Å². The molecule has 1 amide bonds. The van der Waals surface area contributed by atoms with E-state index in [0.717, 1.165) is 35.6 Å². The molecule has 1 aliphatic rings. The highest BCUT2D eigenvalue weighted by atomic mass is 16.5. The van der Waals surface area contributed by atoms with Gasteiger partial charge in [-0.25, -0.2) is 4.79 Å². The van der Waals surface area contributed by atoms with Crippen LogP contribution in [0, 0.1) is 5.92 Å². The molecule has 2 aromatic carbocycles. The lowest BCUT2D eigenvalue weighted by molar-refractivity contribution is -0.126. The number of benzene rings is 2. The van der Waals surface area contributed by atoms with Gasteiger partial charge in [-0.3, -0.25) is 4.79 Å². The smallest absolute Gasteiger partial charge is 0.409 e. The minimum absolute atomic E-state index is 0.173. The standard InChI is InChI=1S/C20H23NO3/c1-21(20(23)24-2)19(17-11-5-6-13-18(17)22)16-12-7-9-14-8-3-4-10-15(14)16/h3-4,7-10,12,17,19H,5-6,11,13H2,1-2H3/t17-,19+/m0/s1. The lowest BCUT2D eigenvalue weighted by atomic mass is 9.78. The zero-order chi connectivity index (χ0) is 17.1. The summed E-state index contributed by atoms with van der Waals surface area (Å²) in [7, 11) is 3.10. The fourth-order valence-corrected chi connectivity index (χ4v) is 3.81. The Kier molecular flexibility index (Phi) is 4.84. The first-order valence-corrected chi connectivity index (χ1v) is 8.44. The van der Waals surface area contributed by atoms with Gasteiger partial charge in [0.05, 0.1) is 13.2 Å². The maximum atomic E-state index is 12.6. The normalized spacial score (nSPS) is 19.1. The number of ketones is 1. The van der Waals surface area contributed by atoms with Gasteiger partial charge in [0.15, 0.2) is 0 Å². The molecule has 4 nitrogen and oxygen atoms in total. The van der Waals surface area contributed by atoms with Gasteiger partial charge in [-0.05, 0) is 29.2 Å². The lowest BCUT2D eigenvalue weighted by Gasteiger charge is -2.36. The number of nitrogens with zero attached hydrogens (tertiary/aromatic N) is 1. The molecule has 24 heavy (non-hydrogen) atoms. The van der Waals surface area contributed by atoms with Crippen molar-refractivity contribution in [3.05, 3.63) is 48.0 Å². The Labute approximate surface area is 142 Å². The van der Waals surface area contributed by atoms with Crippen LogP contribution in [0.1, 0.15) is 37.3 Å². The molecule has 0 aliphatic heterocycles. The van der Waals surface area contributed by atoms with E-state index in [1.807, 2.05) is 24.3 Å². The molecule has 1 fully saturated rings. The molecular weight excluding hydrogens is 302 g/mol. The van der Waals surface area contributed by atoms with Crippen LogP contribution in [0.15, 0.2) is 42.5 Å². The van der Waals surface area contributed by atoms with E-state index >= 15 is 0 Å². The maximum Gasteiger partial charge on any atom is 0.409 e. The predicted octanol–water partition coefficient (Wildman–Crippen LogP) is 4.34. The Balaban J connectivity index is 2.12. The Hall–Kier alpha value is -2.36. The molecule has 4 heteroatoms. The topological polar surface area (TPSA) is 46.6 Å². The molecule has 1 saturated carbocycles. The van der Waals surface area contributed by atoms with E-state index in [2.05, 4.69) is 18.2 Å². The highest BCUT2D eigenvalue weighted by Gasteiger charge is 2.36. The minimum Gasteiger partial charge on any atom is -0.453 e. The average Bonchev–Trinajstić information content (AvgIpc) is 2.63. The molecule has 0 saturated heterocycles. The zero-order valence-corrected chi connectivity index (χ0v) is 14.2. The monoisotopic (exact) mass is 325 g/mol. The SMILES string of the molecule is COC(=O)N(C)[C@H](c1cccc2ccccc12)[C@H]1CCCCC1=O. The van der Waals surface area contributed by atoms with Crippen molar-refractivity contribution in [1.29, 1.82) is 0 Å². The van der Waals surface area contributed by atoms with Crippen LogP contribution in [0.3, 0.4) is 0 Å². The Morgan fingerprint density at radius 3 is 2.67 bits per heavy atom. The van der Waals surface area contributed by atoms with Crippen molar-refractivity contribution >= 4 is 22.6 Å². The molecule has 3 rings (SSSR count). The van der Waals surface area contributed by atoms with Gasteiger partial charge in [-0.2, -0.15) is 0 Å². The number of ether oxygens (including phenoxy) is 1. The van der Waals surface area contributed by atoms with Crippen LogP contribution in [0.2, 0.25) is 0 Å². The van der Waals surface area contributed by atoms with Gasteiger partial charge in [0.25, 0.3) is 0 Å². The van der Waals surface area contributed by atoms with Crippen LogP contribution in [0.25, 0.3) is 10.8 Å². The largest absolute Gasteiger partial charge is 0.453 e. The number of methoxy groups -OCH3 is 1. The Bertz CT molecular complexity index is 750. The van der Waals surface area contributed by atoms with Crippen LogP contribution in [-0.2, 0) is 9.53 Å². The van der Waals surface area contributed by atoms with Crippen molar-refractivity contribution in [2.24, 2.45) is 5.92 Å². The van der Waals surface area contributed by atoms with Crippen LogP contribution >= 0.6 is 0 Å². The van der Waals surface area contributed by atoms with Gasteiger partial charge >= 0.3 is 6.09 Å². The first kappa shape index (κ1) is 16.5. The van der Waals surface area contributed by atoms with Crippen molar-refractivity contribution in [3.8, 4) is 0 Å². The van der Waals surface area contributed by atoms with Crippen LogP contribution in [0.4, 0.5) is 4.79 Å². The minimum atomic E-state index is -0.411. The van der Waals surface area contributed by atoms with Crippen LogP contribution < -0.4 is 0 Å². The summed E-state index contributed by atoms with van der Waals surface area (Å²) in [4.78, 5) is 26.4. The number of carbonyl (C=O) groups is 2. The fourth-order valence-electron chi connectivity index (χ4n) is 3.81. The number of fused-ring (bicyclic) bond motifs is 1. The molecule has 0 aromatic heterocycles. The van der Waals surface area contributed by atoms with E-state index in [-0.39, 0.29) is 17.7 Å². The van der Waals surface area contributed by atoms with Crippen LogP contribution in [0.5, 0.6) is 0 Å². The number of rotatable bonds is 3. The third-order valence-corrected chi connectivity index (χ3v) is 5.00. The summed E-state index contributed by atoms with van der Waals surface area (Å²) in [5, 5.41) is 2.20. The maximum absolute atomic E-state index is 12.6. The number of amides is 1. The molecule has 2 aromatic rings. The molecule has 0 spiro atoms. The van der Waals surface area contributed by atoms with Crippen molar-refractivity contribution in [2.45, 2.75) is 31.7 Å². The van der Waals surface area contributed by atoms with E-state index in [1.54, 1.807) is 11.9 Å². The molecule has 0 unspecified atom stereocenters. The van der Waals surface area contributed by atoms with Crippen molar-refractivity contribution in [3.63, 3.8) is 0 Å².